The van der Waals surface area contributed by atoms with Crippen molar-refractivity contribution in [3.8, 4) is 11.5 Å². The highest BCUT2D eigenvalue weighted by Crippen LogP contribution is 2.60. The number of aliphatic hydroxyl groups excluding tert-OH is 1. The molecule has 0 aromatic heterocycles. The van der Waals surface area contributed by atoms with Gasteiger partial charge in [0.05, 0.1) is 40.6 Å². The van der Waals surface area contributed by atoms with E-state index in [4.69, 9.17) is 14.2 Å². The smallest absolute Gasteiger partial charge is 0.264 e. The summed E-state index contributed by atoms with van der Waals surface area (Å²) in [6, 6.07) is 22.0. The molecule has 0 saturated carbocycles. The fraction of sp³-hybridized carbons (Fsp3) is 0.429. The lowest BCUT2D eigenvalue weighted by Crippen LogP contribution is -2.51. The largest absolute Gasteiger partial charge is 0.497 e. The summed E-state index contributed by atoms with van der Waals surface area (Å²) >= 11 is 0. The molecule has 232 valence electrons. The first-order chi connectivity index (χ1) is 21.1. The average molecular weight is 615 g/mol. The first-order valence-electron chi connectivity index (χ1n) is 15.5. The number of carbonyl (C=O) groups is 2. The number of hydrogen-bond donors (Lipinski definition) is 1. The zero-order chi connectivity index (χ0) is 31.2. The van der Waals surface area contributed by atoms with Gasteiger partial charge in [0, 0.05) is 36.7 Å². The molecule has 0 bridgehead atoms. The Morgan fingerprint density at radius 3 is 2.39 bits per heavy atom. The second-order valence-corrected chi connectivity index (χ2v) is 17.4. The lowest BCUT2D eigenvalue weighted by Gasteiger charge is -2.37. The van der Waals surface area contributed by atoms with E-state index < -0.39 is 13.7 Å². The Bertz CT molecular complexity index is 1560. The molecule has 1 N–H and O–H groups in total. The number of anilines is 2. The van der Waals surface area contributed by atoms with Gasteiger partial charge in [0.1, 0.15) is 11.5 Å². The normalized spacial score (nSPS) is 24.8. The number of fused-ring (bicyclic) bond motifs is 2. The van der Waals surface area contributed by atoms with Gasteiger partial charge in [-0.1, -0.05) is 49.5 Å². The van der Waals surface area contributed by atoms with Crippen molar-refractivity contribution in [2.24, 2.45) is 5.92 Å². The molecule has 4 atom stereocenters. The summed E-state index contributed by atoms with van der Waals surface area (Å²) in [4.78, 5) is 31.0. The van der Waals surface area contributed by atoms with Gasteiger partial charge >= 0.3 is 0 Å². The van der Waals surface area contributed by atoms with Crippen LogP contribution in [0.5, 0.6) is 11.5 Å². The SMILES string of the molecule is COc1ccc([Si](C)(C)[C@@H]2[C@@H](CCO)O[C@]3(C(=O)N(Cc4cccc(N5CCCC5=O)c4)c4ccc(OC)cc43)[C@H]2C)cc1. The number of ether oxygens (including phenoxy) is 3. The lowest BCUT2D eigenvalue weighted by atomic mass is 9.82. The molecule has 9 heteroatoms. The third kappa shape index (κ3) is 4.82. The van der Waals surface area contributed by atoms with Gasteiger partial charge in [0.25, 0.3) is 5.91 Å². The summed E-state index contributed by atoms with van der Waals surface area (Å²) in [6.45, 7) is 7.84. The van der Waals surface area contributed by atoms with Gasteiger partial charge in [-0.2, -0.15) is 0 Å². The van der Waals surface area contributed by atoms with Crippen LogP contribution in [0.3, 0.4) is 0 Å². The Morgan fingerprint density at radius 1 is 1.00 bits per heavy atom. The van der Waals surface area contributed by atoms with Gasteiger partial charge in [0.15, 0.2) is 5.60 Å². The minimum absolute atomic E-state index is 0.0258. The second kappa shape index (κ2) is 11.7. The van der Waals surface area contributed by atoms with Crippen LogP contribution in [0.15, 0.2) is 66.7 Å². The molecule has 3 aliphatic heterocycles. The van der Waals surface area contributed by atoms with Gasteiger partial charge in [-0.25, -0.2) is 0 Å². The number of rotatable bonds is 9. The lowest BCUT2D eigenvalue weighted by molar-refractivity contribution is -0.146. The van der Waals surface area contributed by atoms with E-state index >= 15 is 0 Å². The Kier molecular flexibility index (Phi) is 8.07. The number of benzene rings is 3. The van der Waals surface area contributed by atoms with Crippen molar-refractivity contribution in [3.05, 3.63) is 77.9 Å². The van der Waals surface area contributed by atoms with Crippen LogP contribution in [0.4, 0.5) is 11.4 Å². The van der Waals surface area contributed by atoms with E-state index in [1.807, 2.05) is 64.4 Å². The van der Waals surface area contributed by atoms with E-state index in [9.17, 15) is 14.7 Å². The molecule has 3 aromatic carbocycles. The number of amides is 2. The first kappa shape index (κ1) is 30.4. The summed E-state index contributed by atoms with van der Waals surface area (Å²) in [5.41, 5.74) is 2.25. The van der Waals surface area contributed by atoms with Crippen LogP contribution >= 0.6 is 0 Å². The van der Waals surface area contributed by atoms with E-state index in [1.54, 1.807) is 14.2 Å². The molecule has 8 nitrogen and oxygen atoms in total. The predicted molar refractivity (Wildman–Crippen MR) is 173 cm³/mol. The third-order valence-corrected chi connectivity index (χ3v) is 14.5. The molecular weight excluding hydrogens is 572 g/mol. The third-order valence-electron chi connectivity index (χ3n) is 10.1. The molecule has 0 unspecified atom stereocenters. The van der Waals surface area contributed by atoms with Crippen LogP contribution < -0.4 is 24.5 Å². The Labute approximate surface area is 260 Å². The first-order valence-corrected chi connectivity index (χ1v) is 18.6. The predicted octanol–water partition coefficient (Wildman–Crippen LogP) is 4.98. The number of methoxy groups -OCH3 is 2. The molecule has 2 amide bonds. The average Bonchev–Trinajstić information content (AvgIpc) is 3.66. The van der Waals surface area contributed by atoms with E-state index in [2.05, 4.69) is 32.2 Å². The van der Waals surface area contributed by atoms with Gasteiger partial charge in [-0.3, -0.25) is 9.59 Å². The topological polar surface area (TPSA) is 88.5 Å². The van der Waals surface area contributed by atoms with Crippen molar-refractivity contribution in [3.63, 3.8) is 0 Å². The number of nitrogens with zero attached hydrogens (tertiary/aromatic N) is 2. The van der Waals surface area contributed by atoms with E-state index in [-0.39, 0.29) is 36.0 Å². The minimum atomic E-state index is -2.27. The van der Waals surface area contributed by atoms with Crippen LogP contribution in [0.25, 0.3) is 0 Å². The van der Waals surface area contributed by atoms with Crippen LogP contribution in [-0.2, 0) is 26.5 Å². The van der Waals surface area contributed by atoms with Crippen LogP contribution in [-0.4, -0.2) is 58.5 Å². The molecule has 2 saturated heterocycles. The highest BCUT2D eigenvalue weighted by Gasteiger charge is 2.66. The maximum Gasteiger partial charge on any atom is 0.264 e. The van der Waals surface area contributed by atoms with Crippen molar-refractivity contribution >= 4 is 36.4 Å². The van der Waals surface area contributed by atoms with E-state index in [0.29, 0.717) is 31.7 Å². The molecule has 44 heavy (non-hydrogen) atoms. The van der Waals surface area contributed by atoms with Crippen molar-refractivity contribution in [2.45, 2.75) is 63.1 Å². The Balaban J connectivity index is 1.41. The zero-order valence-corrected chi connectivity index (χ0v) is 27.2. The fourth-order valence-electron chi connectivity index (χ4n) is 7.90. The Hall–Kier alpha value is -3.66. The summed E-state index contributed by atoms with van der Waals surface area (Å²) in [5, 5.41) is 11.4. The summed E-state index contributed by atoms with van der Waals surface area (Å²) < 4.78 is 18.1. The number of carbonyl (C=O) groups excluding carboxylic acids is 2. The van der Waals surface area contributed by atoms with Crippen molar-refractivity contribution in [1.82, 2.24) is 0 Å². The molecule has 0 radical (unpaired) electrons. The molecule has 3 aromatic rings. The monoisotopic (exact) mass is 614 g/mol. The molecule has 0 aliphatic carbocycles. The quantitative estimate of drug-likeness (QED) is 0.343. The van der Waals surface area contributed by atoms with Crippen molar-refractivity contribution in [2.75, 3.05) is 37.2 Å². The second-order valence-electron chi connectivity index (χ2n) is 12.8. The summed E-state index contributed by atoms with van der Waals surface area (Å²) in [7, 11) is 1.02. The Morgan fingerprint density at radius 2 is 1.73 bits per heavy atom. The van der Waals surface area contributed by atoms with E-state index in [0.717, 1.165) is 34.7 Å². The molecule has 3 heterocycles. The summed E-state index contributed by atoms with van der Waals surface area (Å²) in [6.07, 6.45) is 1.56. The van der Waals surface area contributed by atoms with Gasteiger partial charge in [0.2, 0.25) is 5.91 Å². The van der Waals surface area contributed by atoms with Crippen LogP contribution in [0, 0.1) is 5.92 Å². The van der Waals surface area contributed by atoms with Gasteiger partial charge in [-0.05, 0) is 66.4 Å². The van der Waals surface area contributed by atoms with Crippen molar-refractivity contribution in [1.29, 1.82) is 0 Å². The molecule has 1 spiro atoms. The molecule has 6 rings (SSSR count). The standard InChI is InChI=1S/C35H42N2O6Si/c1-23-33(44(4,5)28-14-11-26(41-2)12-15-28)31(17-19-38)43-35(23)29-21-27(42-3)13-16-30(29)37(34(35)40)22-24-8-6-9-25(20-24)36-18-7-10-32(36)39/h6,8-9,11-16,20-21,23,31,33,38H,7,10,17-19,22H2,1-5H3/t23-,31+,33-,35+/m0/s1. The summed E-state index contributed by atoms with van der Waals surface area (Å²) in [5.74, 6) is 1.34. The van der Waals surface area contributed by atoms with Crippen LogP contribution in [0.2, 0.25) is 18.6 Å². The number of aliphatic hydroxyl groups is 1. The maximum absolute atomic E-state index is 14.9. The molecule has 2 fully saturated rings. The number of hydrogen-bond acceptors (Lipinski definition) is 6. The van der Waals surface area contributed by atoms with Gasteiger partial charge < -0.3 is 29.1 Å². The molecular formula is C35H42N2O6Si. The van der Waals surface area contributed by atoms with Crippen LogP contribution in [0.1, 0.15) is 37.3 Å². The highest BCUT2D eigenvalue weighted by molar-refractivity contribution is 6.91. The van der Waals surface area contributed by atoms with Crippen molar-refractivity contribution < 1.29 is 28.9 Å². The zero-order valence-electron chi connectivity index (χ0n) is 26.2. The highest BCUT2D eigenvalue weighted by atomic mass is 28.3. The van der Waals surface area contributed by atoms with E-state index in [1.165, 1.54) is 5.19 Å². The molecule has 3 aliphatic rings. The fourth-order valence-corrected chi connectivity index (χ4v) is 12.0. The minimum Gasteiger partial charge on any atom is -0.497 e. The van der Waals surface area contributed by atoms with Gasteiger partial charge in [-0.15, -0.1) is 0 Å². The maximum atomic E-state index is 14.9.